The van der Waals surface area contributed by atoms with E-state index in [1.54, 1.807) is 6.07 Å². The molecule has 1 heterocycles. The van der Waals surface area contributed by atoms with Crippen LogP contribution in [0.15, 0.2) is 24.3 Å². The Morgan fingerprint density at radius 2 is 1.74 bits per heavy atom. The summed E-state index contributed by atoms with van der Waals surface area (Å²) in [5.41, 5.74) is 0.876. The molecule has 1 saturated heterocycles. The quantitative estimate of drug-likeness (QED) is 0.677. The summed E-state index contributed by atoms with van der Waals surface area (Å²) < 4.78 is 55.8. The Balaban J connectivity index is 0.00000261. The zero-order valence-corrected chi connectivity index (χ0v) is 16.0. The number of ether oxygens (including phenoxy) is 1. The molecule has 3 nitrogen and oxygen atoms in total. The zero-order chi connectivity index (χ0) is 18.6. The molecule has 8 heteroatoms. The predicted molar refractivity (Wildman–Crippen MR) is 99.0 cm³/mol. The maximum Gasteiger partial charge on any atom is 0.461 e. The third-order valence-electron chi connectivity index (χ3n) is 5.35. The number of nitrogens with one attached hydrogen (secondary N) is 1. The zero-order valence-electron chi connectivity index (χ0n) is 15.2. The van der Waals surface area contributed by atoms with Gasteiger partial charge in [0.2, 0.25) is 0 Å². The Morgan fingerprint density at radius 1 is 1.07 bits per heavy atom. The van der Waals surface area contributed by atoms with E-state index in [-0.39, 0.29) is 24.2 Å². The standard InChI is InChI=1S/C19H26F4N2O.ClH/c20-18(21)19(22,23)26-16-8-4-7-15(13-16)17(14-5-2-1-3-6-14)25-11-9-24-10-12-25;/h4,7-8,13-14,17-18,24H,1-3,5-6,9-12H2;1H/t17-;/m0./s1. The van der Waals surface area contributed by atoms with Crippen molar-refractivity contribution in [2.75, 3.05) is 26.2 Å². The average molecular weight is 411 g/mol. The van der Waals surface area contributed by atoms with E-state index >= 15 is 0 Å². The van der Waals surface area contributed by atoms with Gasteiger partial charge in [-0.05, 0) is 36.5 Å². The van der Waals surface area contributed by atoms with Crippen LogP contribution in [0.4, 0.5) is 17.6 Å². The molecule has 0 aromatic heterocycles. The van der Waals surface area contributed by atoms with Crippen LogP contribution >= 0.6 is 12.4 Å². The summed E-state index contributed by atoms with van der Waals surface area (Å²) in [5.74, 6) is 0.247. The van der Waals surface area contributed by atoms with Crippen molar-refractivity contribution in [1.29, 1.82) is 0 Å². The van der Waals surface area contributed by atoms with Crippen LogP contribution in [0.2, 0.25) is 0 Å². The van der Waals surface area contributed by atoms with E-state index in [1.807, 2.05) is 6.07 Å². The van der Waals surface area contributed by atoms with Crippen molar-refractivity contribution in [3.05, 3.63) is 29.8 Å². The van der Waals surface area contributed by atoms with Gasteiger partial charge in [0.25, 0.3) is 0 Å². The molecule has 1 aromatic carbocycles. The minimum atomic E-state index is -4.48. The van der Waals surface area contributed by atoms with Crippen LogP contribution in [0.25, 0.3) is 0 Å². The summed E-state index contributed by atoms with van der Waals surface area (Å²) in [4.78, 5) is 2.39. The van der Waals surface area contributed by atoms with Gasteiger partial charge < -0.3 is 10.1 Å². The molecule has 1 atom stereocenters. The fourth-order valence-electron chi connectivity index (χ4n) is 4.16. The molecule has 3 rings (SSSR count). The van der Waals surface area contributed by atoms with Gasteiger partial charge in [0.05, 0.1) is 0 Å². The summed E-state index contributed by atoms with van der Waals surface area (Å²) in [6, 6.07) is 6.45. The first-order valence-electron chi connectivity index (χ1n) is 9.37. The van der Waals surface area contributed by atoms with Gasteiger partial charge >= 0.3 is 12.5 Å². The number of piperazine rings is 1. The van der Waals surface area contributed by atoms with E-state index in [2.05, 4.69) is 15.0 Å². The lowest BCUT2D eigenvalue weighted by atomic mass is 9.80. The van der Waals surface area contributed by atoms with Crippen molar-refractivity contribution in [1.82, 2.24) is 10.2 Å². The Kier molecular flexibility index (Phi) is 8.19. The van der Waals surface area contributed by atoms with Crippen molar-refractivity contribution in [3.8, 4) is 5.75 Å². The highest BCUT2D eigenvalue weighted by atomic mass is 35.5. The Labute approximate surface area is 163 Å². The predicted octanol–water partition coefficient (Wildman–Crippen LogP) is 4.87. The number of hydrogen-bond donors (Lipinski definition) is 1. The SMILES string of the molecule is Cl.FC(F)C(F)(F)Oc1cccc([C@H](C2CCCCC2)N2CCNCC2)c1. The van der Waals surface area contributed by atoms with Gasteiger partial charge in [-0.3, -0.25) is 4.90 Å². The van der Waals surface area contributed by atoms with Crippen LogP contribution in [-0.4, -0.2) is 43.6 Å². The molecule has 27 heavy (non-hydrogen) atoms. The highest BCUT2D eigenvalue weighted by molar-refractivity contribution is 5.85. The van der Waals surface area contributed by atoms with E-state index in [0.29, 0.717) is 5.92 Å². The monoisotopic (exact) mass is 410 g/mol. The number of halogens is 5. The first-order chi connectivity index (χ1) is 12.5. The fraction of sp³-hybridized carbons (Fsp3) is 0.684. The van der Waals surface area contributed by atoms with Gasteiger partial charge in [-0.2, -0.15) is 17.6 Å². The van der Waals surface area contributed by atoms with Crippen LogP contribution < -0.4 is 10.1 Å². The highest BCUT2D eigenvalue weighted by Gasteiger charge is 2.44. The second-order valence-electron chi connectivity index (χ2n) is 7.17. The summed E-state index contributed by atoms with van der Waals surface area (Å²) in [6.07, 6.45) is -2.55. The summed E-state index contributed by atoms with van der Waals surface area (Å²) in [6.45, 7) is 3.56. The molecule has 2 aliphatic rings. The molecule has 1 aliphatic carbocycles. The summed E-state index contributed by atoms with van der Waals surface area (Å²) in [7, 11) is 0. The molecule has 0 amide bonds. The third kappa shape index (κ3) is 5.72. The van der Waals surface area contributed by atoms with Gasteiger partial charge in [0.1, 0.15) is 5.75 Å². The maximum atomic E-state index is 13.3. The van der Waals surface area contributed by atoms with Crippen LogP contribution in [0.1, 0.15) is 43.7 Å². The normalized spacial score (nSPS) is 20.9. The Bertz CT molecular complexity index is 561. The van der Waals surface area contributed by atoms with Crippen molar-refractivity contribution >= 4 is 12.4 Å². The third-order valence-corrected chi connectivity index (χ3v) is 5.35. The topological polar surface area (TPSA) is 24.5 Å². The van der Waals surface area contributed by atoms with Crippen molar-refractivity contribution < 1.29 is 22.3 Å². The van der Waals surface area contributed by atoms with Crippen molar-refractivity contribution in [2.24, 2.45) is 5.92 Å². The highest BCUT2D eigenvalue weighted by Crippen LogP contribution is 2.40. The minimum Gasteiger partial charge on any atom is -0.428 e. The summed E-state index contributed by atoms with van der Waals surface area (Å²) >= 11 is 0. The minimum absolute atomic E-state index is 0. The maximum absolute atomic E-state index is 13.3. The number of nitrogens with zero attached hydrogens (tertiary/aromatic N) is 1. The molecule has 0 spiro atoms. The molecule has 154 valence electrons. The first-order valence-corrected chi connectivity index (χ1v) is 9.37. The lowest BCUT2D eigenvalue weighted by molar-refractivity contribution is -0.253. The van der Waals surface area contributed by atoms with Gasteiger partial charge in [0.15, 0.2) is 0 Å². The molecule has 1 N–H and O–H groups in total. The lowest BCUT2D eigenvalue weighted by Crippen LogP contribution is -2.47. The van der Waals surface area contributed by atoms with Crippen molar-refractivity contribution in [3.63, 3.8) is 0 Å². The second kappa shape index (κ2) is 9.94. The van der Waals surface area contributed by atoms with E-state index in [0.717, 1.165) is 44.6 Å². The second-order valence-corrected chi connectivity index (χ2v) is 7.17. The van der Waals surface area contributed by atoms with E-state index in [1.165, 1.54) is 31.4 Å². The fourth-order valence-corrected chi connectivity index (χ4v) is 4.16. The van der Waals surface area contributed by atoms with Gasteiger partial charge in [-0.15, -0.1) is 12.4 Å². The Hall–Kier alpha value is -1.05. The van der Waals surface area contributed by atoms with Gasteiger partial charge in [0, 0.05) is 32.2 Å². The number of rotatable bonds is 6. The smallest absolute Gasteiger partial charge is 0.428 e. The molecular weight excluding hydrogens is 384 g/mol. The van der Waals surface area contributed by atoms with Gasteiger partial charge in [-0.25, -0.2) is 0 Å². The number of hydrogen-bond acceptors (Lipinski definition) is 3. The molecule has 0 radical (unpaired) electrons. The van der Waals surface area contributed by atoms with E-state index < -0.39 is 12.5 Å². The first kappa shape index (κ1) is 22.2. The average Bonchev–Trinajstić information content (AvgIpc) is 2.64. The molecule has 1 aromatic rings. The molecule has 1 aliphatic heterocycles. The number of benzene rings is 1. The molecule has 2 fully saturated rings. The van der Waals surface area contributed by atoms with E-state index in [9.17, 15) is 17.6 Å². The summed E-state index contributed by atoms with van der Waals surface area (Å²) in [5, 5.41) is 3.33. The van der Waals surface area contributed by atoms with Crippen LogP contribution in [0.3, 0.4) is 0 Å². The molecule has 1 saturated carbocycles. The Morgan fingerprint density at radius 3 is 2.37 bits per heavy atom. The largest absolute Gasteiger partial charge is 0.461 e. The van der Waals surface area contributed by atoms with Crippen molar-refractivity contribution in [2.45, 2.75) is 50.7 Å². The number of alkyl halides is 4. The van der Waals surface area contributed by atoms with E-state index in [4.69, 9.17) is 0 Å². The van der Waals surface area contributed by atoms with Crippen LogP contribution in [0.5, 0.6) is 5.75 Å². The van der Waals surface area contributed by atoms with Gasteiger partial charge in [-0.1, -0.05) is 31.4 Å². The molecule has 0 unspecified atom stereocenters. The molecular formula is C19H27ClF4N2O. The molecule has 0 bridgehead atoms. The van der Waals surface area contributed by atoms with Crippen LogP contribution in [0, 0.1) is 5.92 Å². The van der Waals surface area contributed by atoms with Crippen LogP contribution in [-0.2, 0) is 0 Å². The lowest BCUT2D eigenvalue weighted by Gasteiger charge is -2.41.